The molecule has 0 N–H and O–H groups in total. The smallest absolute Gasteiger partial charge is 0.139 e. The fraction of sp³-hybridized carbons (Fsp3) is 0.950. The Bertz CT molecular complexity index is 528. The first-order valence-corrected chi connectivity index (χ1v) is 9.64. The van der Waals surface area contributed by atoms with Crippen molar-refractivity contribution in [1.82, 2.24) is 0 Å². The summed E-state index contributed by atoms with van der Waals surface area (Å²) < 4.78 is 6.01. The zero-order chi connectivity index (χ0) is 15.3. The molecule has 0 aromatic rings. The summed E-state index contributed by atoms with van der Waals surface area (Å²) >= 11 is 0. The average Bonchev–Trinajstić information content (AvgIpc) is 3.21. The van der Waals surface area contributed by atoms with Gasteiger partial charge in [-0.3, -0.25) is 4.79 Å². The van der Waals surface area contributed by atoms with E-state index in [0.717, 1.165) is 36.5 Å². The second kappa shape index (κ2) is 4.18. The molecule has 0 spiro atoms. The minimum Gasteiger partial charge on any atom is -0.369 e. The third-order valence-corrected chi connectivity index (χ3v) is 9.00. The lowest BCUT2D eigenvalue weighted by molar-refractivity contribution is -0.145. The molecule has 0 bridgehead atoms. The summed E-state index contributed by atoms with van der Waals surface area (Å²) in [5, 5.41) is 0. The number of fused-ring (bicyclic) bond motifs is 7. The van der Waals surface area contributed by atoms with Gasteiger partial charge in [-0.1, -0.05) is 20.8 Å². The second-order valence-electron chi connectivity index (χ2n) is 9.71. The molecule has 5 fully saturated rings. The highest BCUT2D eigenvalue weighted by atomic mass is 16.6. The molecular weight excluding hydrogens is 272 g/mol. The van der Waals surface area contributed by atoms with Gasteiger partial charge in [0.1, 0.15) is 5.78 Å². The fourth-order valence-corrected chi connectivity index (χ4v) is 7.71. The van der Waals surface area contributed by atoms with E-state index >= 15 is 0 Å². The molecule has 4 saturated carbocycles. The molecule has 9 atom stereocenters. The van der Waals surface area contributed by atoms with Crippen LogP contribution >= 0.6 is 0 Å². The van der Waals surface area contributed by atoms with Crippen molar-refractivity contribution < 1.29 is 9.53 Å². The Morgan fingerprint density at radius 2 is 1.86 bits per heavy atom. The molecule has 4 aliphatic carbocycles. The van der Waals surface area contributed by atoms with Crippen LogP contribution in [0.5, 0.6) is 0 Å². The Morgan fingerprint density at radius 3 is 2.68 bits per heavy atom. The minimum absolute atomic E-state index is 0.0197. The van der Waals surface area contributed by atoms with E-state index in [1.807, 2.05) is 0 Å². The highest BCUT2D eigenvalue weighted by Crippen LogP contribution is 2.68. The van der Waals surface area contributed by atoms with Crippen LogP contribution in [0.1, 0.15) is 65.7 Å². The number of rotatable bonds is 0. The predicted molar refractivity (Wildman–Crippen MR) is 85.3 cm³/mol. The molecule has 0 unspecified atom stereocenters. The van der Waals surface area contributed by atoms with E-state index in [1.54, 1.807) is 0 Å². The number of carbonyl (C=O) groups excluding carboxylic acids is 1. The lowest BCUT2D eigenvalue weighted by Crippen LogP contribution is -2.56. The molecule has 1 aliphatic heterocycles. The van der Waals surface area contributed by atoms with E-state index in [-0.39, 0.29) is 5.41 Å². The Morgan fingerprint density at radius 1 is 1.05 bits per heavy atom. The summed E-state index contributed by atoms with van der Waals surface area (Å²) in [4.78, 5) is 12.5. The van der Waals surface area contributed by atoms with Crippen LogP contribution < -0.4 is 0 Å². The molecule has 1 saturated heterocycles. The molecule has 22 heavy (non-hydrogen) atoms. The summed E-state index contributed by atoms with van der Waals surface area (Å²) in [5.41, 5.74) is 0.508. The van der Waals surface area contributed by atoms with Gasteiger partial charge in [-0.15, -0.1) is 0 Å². The summed E-state index contributed by atoms with van der Waals surface area (Å²) in [7, 11) is 0. The third kappa shape index (κ3) is 1.53. The van der Waals surface area contributed by atoms with Gasteiger partial charge >= 0.3 is 0 Å². The van der Waals surface area contributed by atoms with Gasteiger partial charge in [0.25, 0.3) is 0 Å². The van der Waals surface area contributed by atoms with Crippen LogP contribution in [0, 0.1) is 40.4 Å². The van der Waals surface area contributed by atoms with Crippen LogP contribution in [0.4, 0.5) is 0 Å². The maximum Gasteiger partial charge on any atom is 0.139 e. The van der Waals surface area contributed by atoms with Crippen LogP contribution in [-0.4, -0.2) is 18.0 Å². The number of hydrogen-bond acceptors (Lipinski definition) is 2. The zero-order valence-electron chi connectivity index (χ0n) is 14.3. The molecule has 122 valence electrons. The van der Waals surface area contributed by atoms with Gasteiger partial charge in [0.05, 0.1) is 12.2 Å². The molecular formula is C20H30O2. The predicted octanol–water partition coefficient (Wildman–Crippen LogP) is 4.22. The first kappa shape index (κ1) is 14.0. The molecule has 1 heterocycles. The van der Waals surface area contributed by atoms with Gasteiger partial charge in [-0.2, -0.15) is 0 Å². The number of hydrogen-bond donors (Lipinski definition) is 0. The van der Waals surface area contributed by atoms with E-state index < -0.39 is 0 Å². The first-order valence-electron chi connectivity index (χ1n) is 9.64. The summed E-state index contributed by atoms with van der Waals surface area (Å²) in [6, 6.07) is 0. The van der Waals surface area contributed by atoms with Crippen LogP contribution in [0.3, 0.4) is 0 Å². The second-order valence-corrected chi connectivity index (χ2v) is 9.71. The largest absolute Gasteiger partial charge is 0.369 e. The number of ketones is 1. The molecule has 0 amide bonds. The lowest BCUT2D eigenvalue weighted by Gasteiger charge is -2.61. The van der Waals surface area contributed by atoms with Gasteiger partial charge in [0, 0.05) is 11.8 Å². The quantitative estimate of drug-likeness (QED) is 0.627. The van der Waals surface area contributed by atoms with Crippen molar-refractivity contribution >= 4 is 5.78 Å². The van der Waals surface area contributed by atoms with Gasteiger partial charge in [0.2, 0.25) is 0 Å². The molecule has 0 aromatic heterocycles. The Hall–Kier alpha value is -0.370. The Labute approximate surface area is 134 Å². The van der Waals surface area contributed by atoms with Crippen molar-refractivity contribution in [1.29, 1.82) is 0 Å². The molecule has 5 rings (SSSR count). The monoisotopic (exact) mass is 302 g/mol. The van der Waals surface area contributed by atoms with E-state index in [4.69, 9.17) is 4.74 Å². The Kier molecular flexibility index (Phi) is 2.66. The normalized spacial score (nSPS) is 62.7. The summed E-state index contributed by atoms with van der Waals surface area (Å²) in [5.74, 6) is 4.46. The number of carbonyl (C=O) groups is 1. The number of ether oxygens (including phenoxy) is 1. The topological polar surface area (TPSA) is 29.6 Å². The molecule has 2 heteroatoms. The maximum absolute atomic E-state index is 12.5. The van der Waals surface area contributed by atoms with Crippen LogP contribution in [0.15, 0.2) is 0 Å². The van der Waals surface area contributed by atoms with Gasteiger partial charge < -0.3 is 4.74 Å². The molecule has 5 aliphatic rings. The van der Waals surface area contributed by atoms with Crippen molar-refractivity contribution in [3.8, 4) is 0 Å². The highest BCUT2D eigenvalue weighted by Gasteiger charge is 2.66. The van der Waals surface area contributed by atoms with Crippen LogP contribution in [0.25, 0.3) is 0 Å². The number of Topliss-reactive ketones (excluding diaryl/α,β-unsaturated/α-hetero) is 1. The average molecular weight is 302 g/mol. The third-order valence-electron chi connectivity index (χ3n) is 9.00. The molecule has 0 radical (unpaired) electrons. The first-order chi connectivity index (χ1) is 10.4. The van der Waals surface area contributed by atoms with E-state index in [1.165, 1.54) is 32.1 Å². The van der Waals surface area contributed by atoms with Gasteiger partial charge in [-0.05, 0) is 73.5 Å². The van der Waals surface area contributed by atoms with Crippen molar-refractivity contribution in [3.63, 3.8) is 0 Å². The van der Waals surface area contributed by atoms with Crippen molar-refractivity contribution in [2.75, 3.05) is 0 Å². The SMILES string of the molecule is C[C@@H]1C[C@@H]2[C@H]3O[C@H]3CC[C@]2(C)[C@H]2CC[C@]3(C)C(=O)CC[C@H]3[C@H]12. The molecule has 0 aromatic carbocycles. The minimum atomic E-state index is 0.0197. The maximum atomic E-state index is 12.5. The lowest BCUT2D eigenvalue weighted by atomic mass is 9.43. The standard InChI is InChI=1S/C20H30O2/c1-11-10-14-18-15(22-18)7-9-19(14,2)13-6-8-20(3)12(17(11)13)4-5-16(20)21/h11-15,17-18H,4-10H2,1-3H3/t11-,12+,13+,14-,15+,17+,18-,19-,20+/m1/s1. The Balaban J connectivity index is 1.53. The van der Waals surface area contributed by atoms with Crippen molar-refractivity contribution in [3.05, 3.63) is 0 Å². The van der Waals surface area contributed by atoms with Crippen molar-refractivity contribution in [2.45, 2.75) is 77.9 Å². The van der Waals surface area contributed by atoms with Crippen molar-refractivity contribution in [2.24, 2.45) is 40.4 Å². The van der Waals surface area contributed by atoms with E-state index in [9.17, 15) is 4.79 Å². The van der Waals surface area contributed by atoms with Crippen LogP contribution in [-0.2, 0) is 9.53 Å². The zero-order valence-corrected chi connectivity index (χ0v) is 14.3. The van der Waals surface area contributed by atoms with Crippen LogP contribution in [0.2, 0.25) is 0 Å². The van der Waals surface area contributed by atoms with Gasteiger partial charge in [0.15, 0.2) is 0 Å². The highest BCUT2D eigenvalue weighted by molar-refractivity contribution is 5.87. The van der Waals surface area contributed by atoms with E-state index in [0.29, 0.717) is 29.3 Å². The van der Waals surface area contributed by atoms with Gasteiger partial charge in [-0.25, -0.2) is 0 Å². The van der Waals surface area contributed by atoms with E-state index in [2.05, 4.69) is 20.8 Å². The summed E-state index contributed by atoms with van der Waals surface area (Å²) in [6.45, 7) is 7.36. The summed E-state index contributed by atoms with van der Waals surface area (Å²) in [6.07, 6.45) is 9.65. The molecule has 2 nitrogen and oxygen atoms in total. The fourth-order valence-electron chi connectivity index (χ4n) is 7.71. The number of epoxide rings is 1.